The summed E-state index contributed by atoms with van der Waals surface area (Å²) in [6, 6.07) is 24.4. The van der Waals surface area contributed by atoms with Gasteiger partial charge in [-0.3, -0.25) is 0 Å². The van der Waals surface area contributed by atoms with Gasteiger partial charge in [0.1, 0.15) is 8.24 Å². The van der Waals surface area contributed by atoms with Crippen LogP contribution in [0.1, 0.15) is 43.0 Å². The van der Waals surface area contributed by atoms with Crippen molar-refractivity contribution in [1.29, 1.82) is 0 Å². The summed E-state index contributed by atoms with van der Waals surface area (Å²) in [6.45, 7) is 11.8. The van der Waals surface area contributed by atoms with Gasteiger partial charge in [0.25, 0.3) is 0 Å². The highest BCUT2D eigenvalue weighted by Gasteiger charge is 2.42. The zero-order chi connectivity index (χ0) is 19.2. The van der Waals surface area contributed by atoms with Crippen LogP contribution in [0.3, 0.4) is 0 Å². The molecule has 0 aliphatic heterocycles. The molecule has 0 saturated heterocycles. The number of benzene rings is 3. The highest BCUT2D eigenvalue weighted by Crippen LogP contribution is 2.48. The summed E-state index contributed by atoms with van der Waals surface area (Å²) in [7, 11) is -1.81. The van der Waals surface area contributed by atoms with Crippen LogP contribution in [0.25, 0.3) is 22.4 Å². The predicted molar refractivity (Wildman–Crippen MR) is 121 cm³/mol. The fraction of sp³-hybridized carbons (Fsp3) is 0.280. The maximum absolute atomic E-state index is 4.02. The topological polar surface area (TPSA) is 12.0 Å². The van der Waals surface area contributed by atoms with E-state index >= 15 is 0 Å². The molecule has 3 aromatic rings. The number of nitrogens with one attached hydrogen (secondary N) is 1. The Balaban J connectivity index is 1.93. The average molecular weight is 372 g/mol. The van der Waals surface area contributed by atoms with Crippen molar-refractivity contribution in [2.24, 2.45) is 0 Å². The third-order valence-electron chi connectivity index (χ3n) is 5.45. The molecule has 0 spiro atoms. The summed E-state index contributed by atoms with van der Waals surface area (Å²) in [5.74, 6) is 0. The van der Waals surface area contributed by atoms with Crippen molar-refractivity contribution in [2.45, 2.75) is 44.9 Å². The van der Waals surface area contributed by atoms with Gasteiger partial charge in [-0.05, 0) is 59.9 Å². The van der Waals surface area contributed by atoms with Crippen molar-refractivity contribution < 1.29 is 0 Å². The second-order valence-electron chi connectivity index (χ2n) is 9.29. The molecule has 0 heterocycles. The van der Waals surface area contributed by atoms with E-state index in [-0.39, 0.29) is 5.54 Å². The zero-order valence-electron chi connectivity index (χ0n) is 17.0. The molecule has 0 aromatic heterocycles. The lowest BCUT2D eigenvalue weighted by molar-refractivity contribution is 0.509. The van der Waals surface area contributed by atoms with E-state index in [2.05, 4.69) is 112 Å². The van der Waals surface area contributed by atoms with Crippen LogP contribution in [0.5, 0.6) is 0 Å². The first-order valence-electron chi connectivity index (χ1n) is 9.84. The quantitative estimate of drug-likeness (QED) is 0.511. The highest BCUT2D eigenvalue weighted by atomic mass is 28.3. The first kappa shape index (κ1) is 18.2. The second-order valence-corrected chi connectivity index (χ2v) is 13.6. The van der Waals surface area contributed by atoms with Crippen LogP contribution in [0.4, 0.5) is 0 Å². The van der Waals surface area contributed by atoms with Crippen molar-refractivity contribution in [3.63, 3.8) is 0 Å². The molecule has 1 aliphatic carbocycles. The first-order valence-corrected chi connectivity index (χ1v) is 12.9. The minimum Gasteiger partial charge on any atom is -0.332 e. The minimum atomic E-state index is -1.81. The van der Waals surface area contributed by atoms with Crippen LogP contribution in [0.2, 0.25) is 13.1 Å². The van der Waals surface area contributed by atoms with E-state index in [4.69, 9.17) is 0 Å². The largest absolute Gasteiger partial charge is 0.332 e. The first-order chi connectivity index (χ1) is 12.8. The van der Waals surface area contributed by atoms with Gasteiger partial charge in [0.15, 0.2) is 0 Å². The van der Waals surface area contributed by atoms with Gasteiger partial charge in [-0.15, -0.1) is 0 Å². The molecule has 0 saturated carbocycles. The standard InChI is InChI=1S/C25H29NSi/c1-25(2,3)26-27(4,5)24-21-16-15-19-13-9-10-14-20(19)23(21)17-22(24)18-11-7-6-8-12-18/h6-17,24,26H,1-5H3. The average Bonchev–Trinajstić information content (AvgIpc) is 3.01. The van der Waals surface area contributed by atoms with Gasteiger partial charge in [0.05, 0.1) is 0 Å². The van der Waals surface area contributed by atoms with E-state index in [0.717, 1.165) is 0 Å². The van der Waals surface area contributed by atoms with Gasteiger partial charge in [-0.1, -0.05) is 79.8 Å². The third-order valence-corrected chi connectivity index (χ3v) is 8.91. The van der Waals surface area contributed by atoms with E-state index in [0.29, 0.717) is 5.54 Å². The van der Waals surface area contributed by atoms with Gasteiger partial charge in [-0.25, -0.2) is 0 Å². The number of hydrogen-bond donors (Lipinski definition) is 1. The van der Waals surface area contributed by atoms with Crippen molar-refractivity contribution in [3.8, 4) is 0 Å². The van der Waals surface area contributed by atoms with E-state index in [1.165, 1.54) is 33.0 Å². The normalized spacial score (nSPS) is 17.1. The highest BCUT2D eigenvalue weighted by molar-refractivity contribution is 6.78. The maximum Gasteiger partial charge on any atom is 0.131 e. The smallest absolute Gasteiger partial charge is 0.131 e. The van der Waals surface area contributed by atoms with Gasteiger partial charge >= 0.3 is 0 Å². The fourth-order valence-electron chi connectivity index (χ4n) is 4.83. The molecule has 138 valence electrons. The summed E-state index contributed by atoms with van der Waals surface area (Å²) >= 11 is 0. The lowest BCUT2D eigenvalue weighted by Gasteiger charge is -2.39. The predicted octanol–water partition coefficient (Wildman–Crippen LogP) is 6.61. The number of hydrogen-bond acceptors (Lipinski definition) is 1. The Hall–Kier alpha value is -2.16. The van der Waals surface area contributed by atoms with Gasteiger partial charge in [0.2, 0.25) is 0 Å². The Morgan fingerprint density at radius 1 is 0.815 bits per heavy atom. The van der Waals surface area contributed by atoms with E-state index in [1.54, 1.807) is 0 Å². The van der Waals surface area contributed by atoms with Crippen molar-refractivity contribution >= 4 is 30.7 Å². The van der Waals surface area contributed by atoms with E-state index in [1.807, 2.05) is 0 Å². The Labute approximate surface area is 164 Å². The number of allylic oxidation sites excluding steroid dienone is 1. The summed E-state index contributed by atoms with van der Waals surface area (Å²) in [5.41, 5.74) is 6.26. The van der Waals surface area contributed by atoms with Gasteiger partial charge in [-0.2, -0.15) is 0 Å². The minimum absolute atomic E-state index is 0.108. The van der Waals surface area contributed by atoms with E-state index in [9.17, 15) is 0 Å². The molecule has 2 heteroatoms. The van der Waals surface area contributed by atoms with Crippen molar-refractivity contribution in [2.75, 3.05) is 0 Å². The Morgan fingerprint density at radius 2 is 1.48 bits per heavy atom. The van der Waals surface area contributed by atoms with Gasteiger partial charge in [0, 0.05) is 11.1 Å². The lowest BCUT2D eigenvalue weighted by atomic mass is 10.00. The Bertz CT molecular complexity index is 1010. The molecule has 0 fully saturated rings. The van der Waals surface area contributed by atoms with Crippen LogP contribution in [-0.2, 0) is 0 Å². The molecule has 0 amide bonds. The molecule has 27 heavy (non-hydrogen) atoms. The van der Waals surface area contributed by atoms with Gasteiger partial charge < -0.3 is 4.98 Å². The zero-order valence-corrected chi connectivity index (χ0v) is 18.0. The molecule has 3 aromatic carbocycles. The molecule has 1 N–H and O–H groups in total. The lowest BCUT2D eigenvalue weighted by Crippen LogP contribution is -2.58. The SMILES string of the molecule is CC(C)(C)N[Si](C)(C)C1C(c2ccccc2)=Cc2c1ccc1ccccc21. The van der Waals surface area contributed by atoms with Crippen LogP contribution in [0.15, 0.2) is 66.7 Å². The number of rotatable bonds is 3. The van der Waals surface area contributed by atoms with Crippen molar-refractivity contribution in [3.05, 3.63) is 83.4 Å². The maximum atomic E-state index is 4.02. The summed E-state index contributed by atoms with van der Waals surface area (Å²) in [4.78, 5) is 4.02. The molecular formula is C25H29NSi. The third kappa shape index (κ3) is 3.40. The Morgan fingerprint density at radius 3 is 2.19 bits per heavy atom. The monoisotopic (exact) mass is 371 g/mol. The molecule has 1 unspecified atom stereocenters. The molecule has 0 bridgehead atoms. The Kier molecular flexibility index (Phi) is 4.36. The summed E-state index contributed by atoms with van der Waals surface area (Å²) < 4.78 is 0. The van der Waals surface area contributed by atoms with Crippen LogP contribution < -0.4 is 4.98 Å². The summed E-state index contributed by atoms with van der Waals surface area (Å²) in [6.07, 6.45) is 2.46. The van der Waals surface area contributed by atoms with E-state index < -0.39 is 8.24 Å². The van der Waals surface area contributed by atoms with Crippen LogP contribution in [-0.4, -0.2) is 13.8 Å². The molecule has 1 aliphatic rings. The van der Waals surface area contributed by atoms with Crippen molar-refractivity contribution in [1.82, 2.24) is 4.98 Å². The fourth-order valence-corrected chi connectivity index (χ4v) is 8.96. The van der Waals surface area contributed by atoms with Crippen LogP contribution in [0, 0.1) is 0 Å². The summed E-state index contributed by atoms with van der Waals surface area (Å²) in [5, 5.41) is 2.69. The molecule has 0 radical (unpaired) electrons. The number of fused-ring (bicyclic) bond motifs is 3. The molecular weight excluding hydrogens is 342 g/mol. The van der Waals surface area contributed by atoms with Crippen LogP contribution >= 0.6 is 0 Å². The molecule has 1 nitrogen and oxygen atoms in total. The second kappa shape index (κ2) is 6.47. The molecule has 1 atom stereocenters. The molecule has 4 rings (SSSR count).